The van der Waals surface area contributed by atoms with Crippen LogP contribution in [0.15, 0.2) is 30.3 Å². The van der Waals surface area contributed by atoms with Gasteiger partial charge in [-0.2, -0.15) is 0 Å². The van der Waals surface area contributed by atoms with Crippen LogP contribution in [0.5, 0.6) is 0 Å². The largest absolute Gasteiger partial charge is 0.298 e. The van der Waals surface area contributed by atoms with Crippen molar-refractivity contribution in [1.29, 1.82) is 0 Å². The molecule has 1 aliphatic rings. The summed E-state index contributed by atoms with van der Waals surface area (Å²) in [4.78, 5) is 2.55. The summed E-state index contributed by atoms with van der Waals surface area (Å²) in [5, 5.41) is 0. The topological polar surface area (TPSA) is 6.48 Å². The molecule has 16 heavy (non-hydrogen) atoms. The number of rotatable bonds is 2. The Morgan fingerprint density at radius 3 is 2.69 bits per heavy atom. The van der Waals surface area contributed by atoms with Crippen LogP contribution in [0.4, 0.5) is 0 Å². The van der Waals surface area contributed by atoms with Gasteiger partial charge in [0.05, 0.1) is 0 Å². The molecule has 0 saturated carbocycles. The summed E-state index contributed by atoms with van der Waals surface area (Å²) in [5.74, 6) is 0. The molecule has 88 valence electrons. The number of hydrogen-bond donors (Lipinski definition) is 0. The van der Waals surface area contributed by atoms with Crippen LogP contribution >= 0.6 is 9.39 Å². The van der Waals surface area contributed by atoms with E-state index < -0.39 is 0 Å². The van der Waals surface area contributed by atoms with Crippen molar-refractivity contribution in [3.63, 3.8) is 0 Å². The first-order valence-electron chi connectivity index (χ1n) is 6.03. The van der Waals surface area contributed by atoms with E-state index >= 15 is 0 Å². The van der Waals surface area contributed by atoms with Crippen LogP contribution in [0.25, 0.3) is 0 Å². The highest BCUT2D eigenvalue weighted by Gasteiger charge is 2.17. The maximum Gasteiger partial charge on any atom is 0.0234 e. The van der Waals surface area contributed by atoms with Crippen LogP contribution in [-0.4, -0.2) is 35.2 Å². The van der Waals surface area contributed by atoms with E-state index in [0.29, 0.717) is 6.04 Å². The van der Waals surface area contributed by atoms with Crippen LogP contribution in [-0.2, 0) is 6.54 Å². The quantitative estimate of drug-likeness (QED) is 0.727. The van der Waals surface area contributed by atoms with Crippen LogP contribution in [0.1, 0.15) is 18.9 Å². The molecule has 1 aromatic carbocycles. The van der Waals surface area contributed by atoms with Crippen LogP contribution in [0.3, 0.4) is 0 Å². The standard InChI is InChI=1S/C13H21N2P/c1-12-7-8-14(9-10-15(12)16)11-13-5-3-2-4-6-13/h2-6,12H,7-11,16H2,1H3. The molecule has 2 rings (SSSR count). The molecule has 0 spiro atoms. The molecular weight excluding hydrogens is 215 g/mol. The van der Waals surface area contributed by atoms with Crippen molar-refractivity contribution in [1.82, 2.24) is 9.57 Å². The highest BCUT2D eigenvalue weighted by atomic mass is 31.0. The van der Waals surface area contributed by atoms with E-state index in [1.807, 2.05) is 0 Å². The zero-order valence-electron chi connectivity index (χ0n) is 9.97. The summed E-state index contributed by atoms with van der Waals surface area (Å²) in [6.45, 7) is 6.92. The first-order chi connectivity index (χ1) is 7.75. The maximum atomic E-state index is 2.85. The zero-order chi connectivity index (χ0) is 11.4. The van der Waals surface area contributed by atoms with Crippen molar-refractivity contribution < 1.29 is 0 Å². The molecule has 2 nitrogen and oxygen atoms in total. The SMILES string of the molecule is CC1CCN(Cc2ccccc2)CCN1P. The molecule has 1 saturated heterocycles. The first kappa shape index (κ1) is 12.0. The molecule has 0 bridgehead atoms. The van der Waals surface area contributed by atoms with E-state index in [4.69, 9.17) is 0 Å². The molecule has 0 amide bonds. The summed E-state index contributed by atoms with van der Waals surface area (Å²) in [5.41, 5.74) is 1.42. The van der Waals surface area contributed by atoms with Crippen LogP contribution < -0.4 is 0 Å². The van der Waals surface area contributed by atoms with Gasteiger partial charge >= 0.3 is 0 Å². The first-order valence-corrected chi connectivity index (χ1v) is 6.55. The van der Waals surface area contributed by atoms with E-state index in [1.54, 1.807) is 0 Å². The minimum Gasteiger partial charge on any atom is -0.298 e. The molecule has 1 aliphatic heterocycles. The van der Waals surface area contributed by atoms with Crippen molar-refractivity contribution in [2.45, 2.75) is 25.9 Å². The van der Waals surface area contributed by atoms with E-state index in [1.165, 1.54) is 25.1 Å². The average molecular weight is 236 g/mol. The third kappa shape index (κ3) is 3.28. The van der Waals surface area contributed by atoms with Gasteiger partial charge in [0.2, 0.25) is 0 Å². The van der Waals surface area contributed by atoms with Gasteiger partial charge in [0.15, 0.2) is 0 Å². The molecule has 0 aliphatic carbocycles. The Hall–Kier alpha value is -0.430. The second kappa shape index (κ2) is 5.77. The van der Waals surface area contributed by atoms with E-state index in [0.717, 1.165) is 13.1 Å². The molecular formula is C13H21N2P. The van der Waals surface area contributed by atoms with Gasteiger partial charge in [0, 0.05) is 32.2 Å². The molecule has 2 unspecified atom stereocenters. The normalized spacial score (nSPS) is 24.2. The summed E-state index contributed by atoms with van der Waals surface area (Å²) >= 11 is 0. The van der Waals surface area contributed by atoms with Crippen molar-refractivity contribution in [2.24, 2.45) is 0 Å². The van der Waals surface area contributed by atoms with E-state index in [9.17, 15) is 0 Å². The van der Waals surface area contributed by atoms with Gasteiger partial charge < -0.3 is 0 Å². The Morgan fingerprint density at radius 2 is 1.94 bits per heavy atom. The summed E-state index contributed by atoms with van der Waals surface area (Å²) in [6, 6.07) is 11.4. The predicted molar refractivity (Wildman–Crippen MR) is 72.2 cm³/mol. The van der Waals surface area contributed by atoms with Gasteiger partial charge in [-0.05, 0) is 18.9 Å². The number of hydrogen-bond acceptors (Lipinski definition) is 2. The van der Waals surface area contributed by atoms with Gasteiger partial charge in [0.25, 0.3) is 0 Å². The summed E-state index contributed by atoms with van der Waals surface area (Å²) in [7, 11) is 2.85. The highest BCUT2D eigenvalue weighted by Crippen LogP contribution is 2.16. The molecule has 0 aromatic heterocycles. The Morgan fingerprint density at radius 1 is 1.19 bits per heavy atom. The van der Waals surface area contributed by atoms with Gasteiger partial charge in [-0.15, -0.1) is 0 Å². The molecule has 0 radical (unpaired) electrons. The van der Waals surface area contributed by atoms with Crippen molar-refractivity contribution in [2.75, 3.05) is 19.6 Å². The average Bonchev–Trinajstić information content (AvgIpc) is 2.46. The monoisotopic (exact) mass is 236 g/mol. The minimum absolute atomic E-state index is 0.686. The minimum atomic E-state index is 0.686. The second-order valence-electron chi connectivity index (χ2n) is 4.64. The number of nitrogens with zero attached hydrogens (tertiary/aromatic N) is 2. The smallest absolute Gasteiger partial charge is 0.0234 e. The second-order valence-corrected chi connectivity index (χ2v) is 5.30. The lowest BCUT2D eigenvalue weighted by molar-refractivity contribution is 0.280. The Balaban J connectivity index is 1.91. The van der Waals surface area contributed by atoms with Gasteiger partial charge in [-0.1, -0.05) is 39.7 Å². The van der Waals surface area contributed by atoms with Crippen LogP contribution in [0.2, 0.25) is 0 Å². The van der Waals surface area contributed by atoms with Gasteiger partial charge in [-0.25, -0.2) is 0 Å². The lowest BCUT2D eigenvalue weighted by Crippen LogP contribution is -2.27. The Kier molecular flexibility index (Phi) is 4.34. The molecule has 1 aromatic rings. The van der Waals surface area contributed by atoms with Crippen molar-refractivity contribution in [3.05, 3.63) is 35.9 Å². The fraction of sp³-hybridized carbons (Fsp3) is 0.538. The fourth-order valence-corrected chi connectivity index (χ4v) is 2.39. The maximum absolute atomic E-state index is 2.85. The Bertz CT molecular complexity index is 303. The summed E-state index contributed by atoms with van der Waals surface area (Å²) < 4.78 is 2.38. The molecule has 2 atom stereocenters. The predicted octanol–water partition coefficient (Wildman–Crippen LogP) is 2.37. The Labute approximate surface area is 101 Å². The third-order valence-electron chi connectivity index (χ3n) is 3.35. The lowest BCUT2D eigenvalue weighted by Gasteiger charge is -2.20. The molecule has 1 heterocycles. The van der Waals surface area contributed by atoms with Crippen molar-refractivity contribution in [3.8, 4) is 0 Å². The third-order valence-corrected chi connectivity index (χ3v) is 4.12. The molecule has 3 heteroatoms. The fourth-order valence-electron chi connectivity index (χ4n) is 2.12. The van der Waals surface area contributed by atoms with E-state index in [-0.39, 0.29) is 0 Å². The zero-order valence-corrected chi connectivity index (χ0v) is 11.1. The van der Waals surface area contributed by atoms with Crippen LogP contribution in [0, 0.1) is 0 Å². The number of benzene rings is 1. The molecule has 0 N–H and O–H groups in total. The summed E-state index contributed by atoms with van der Waals surface area (Å²) in [6.07, 6.45) is 1.26. The van der Waals surface area contributed by atoms with E-state index in [2.05, 4.69) is 56.2 Å². The highest BCUT2D eigenvalue weighted by molar-refractivity contribution is 7.13. The molecule has 1 fully saturated rings. The lowest BCUT2D eigenvalue weighted by atomic mass is 10.2. The van der Waals surface area contributed by atoms with Gasteiger partial charge in [-0.3, -0.25) is 9.57 Å². The van der Waals surface area contributed by atoms with Gasteiger partial charge in [0.1, 0.15) is 0 Å². The van der Waals surface area contributed by atoms with Crippen molar-refractivity contribution >= 4 is 9.39 Å².